The number of fused-ring (bicyclic) bond motifs is 1. The zero-order valence-corrected chi connectivity index (χ0v) is 9.58. The standard InChI is InChI=1S/C10H8BrN3O/c1-5-2-6(11)9-7(3-5)13-4-8(14-9)10(12)15/h2-4H,1H3,(H2,12,15). The predicted octanol–water partition coefficient (Wildman–Crippen LogP) is 1.80. The lowest BCUT2D eigenvalue weighted by atomic mass is 10.2. The number of nitrogens with zero attached hydrogens (tertiary/aromatic N) is 2. The Hall–Kier alpha value is -1.49. The van der Waals surface area contributed by atoms with Crippen LogP contribution in [0.5, 0.6) is 0 Å². The van der Waals surface area contributed by atoms with E-state index < -0.39 is 5.91 Å². The maximum Gasteiger partial charge on any atom is 0.268 e. The molecular formula is C10H8BrN3O. The molecule has 2 aromatic rings. The highest BCUT2D eigenvalue weighted by Crippen LogP contribution is 2.22. The van der Waals surface area contributed by atoms with Crippen molar-refractivity contribution in [1.82, 2.24) is 9.97 Å². The number of rotatable bonds is 1. The third-order valence-corrected chi connectivity index (χ3v) is 2.60. The maximum atomic E-state index is 10.9. The van der Waals surface area contributed by atoms with E-state index in [1.165, 1.54) is 6.20 Å². The van der Waals surface area contributed by atoms with Gasteiger partial charge in [0, 0.05) is 4.47 Å². The van der Waals surface area contributed by atoms with Crippen LogP contribution in [0.25, 0.3) is 11.0 Å². The van der Waals surface area contributed by atoms with Gasteiger partial charge in [-0.1, -0.05) is 0 Å². The number of hydrogen-bond donors (Lipinski definition) is 1. The third kappa shape index (κ3) is 1.83. The molecule has 0 bridgehead atoms. The monoisotopic (exact) mass is 265 g/mol. The Balaban J connectivity index is 2.76. The fraction of sp³-hybridized carbons (Fsp3) is 0.100. The van der Waals surface area contributed by atoms with Crippen molar-refractivity contribution in [2.24, 2.45) is 5.73 Å². The van der Waals surface area contributed by atoms with E-state index >= 15 is 0 Å². The van der Waals surface area contributed by atoms with Gasteiger partial charge in [0.25, 0.3) is 5.91 Å². The number of primary amides is 1. The summed E-state index contributed by atoms with van der Waals surface area (Å²) in [5.74, 6) is -0.572. The second kappa shape index (κ2) is 3.58. The Bertz CT molecular complexity index is 554. The van der Waals surface area contributed by atoms with Gasteiger partial charge < -0.3 is 5.73 Å². The normalized spacial score (nSPS) is 10.5. The molecule has 0 radical (unpaired) electrons. The van der Waals surface area contributed by atoms with Crippen LogP contribution in [-0.2, 0) is 0 Å². The van der Waals surface area contributed by atoms with Crippen molar-refractivity contribution in [3.63, 3.8) is 0 Å². The number of nitrogens with two attached hydrogens (primary N) is 1. The second-order valence-corrected chi connectivity index (χ2v) is 4.09. The van der Waals surface area contributed by atoms with E-state index in [-0.39, 0.29) is 5.69 Å². The van der Waals surface area contributed by atoms with Gasteiger partial charge in [0.05, 0.1) is 11.7 Å². The van der Waals surface area contributed by atoms with Crippen molar-refractivity contribution >= 4 is 32.9 Å². The molecule has 0 fully saturated rings. The van der Waals surface area contributed by atoms with Gasteiger partial charge in [-0.3, -0.25) is 9.78 Å². The zero-order chi connectivity index (χ0) is 11.0. The molecule has 2 rings (SSSR count). The quantitative estimate of drug-likeness (QED) is 0.855. The van der Waals surface area contributed by atoms with E-state index in [0.29, 0.717) is 5.52 Å². The van der Waals surface area contributed by atoms with Gasteiger partial charge in [-0.25, -0.2) is 4.98 Å². The number of aryl methyl sites for hydroxylation is 1. The molecule has 4 nitrogen and oxygen atoms in total. The summed E-state index contributed by atoms with van der Waals surface area (Å²) in [6.07, 6.45) is 1.39. The van der Waals surface area contributed by atoms with Crippen molar-refractivity contribution in [3.8, 4) is 0 Å². The smallest absolute Gasteiger partial charge is 0.268 e. The minimum Gasteiger partial charge on any atom is -0.364 e. The van der Waals surface area contributed by atoms with Crippen LogP contribution in [0.1, 0.15) is 16.1 Å². The van der Waals surface area contributed by atoms with Crippen LogP contribution in [-0.4, -0.2) is 15.9 Å². The number of amides is 1. The van der Waals surface area contributed by atoms with Crippen LogP contribution in [0.4, 0.5) is 0 Å². The highest BCUT2D eigenvalue weighted by Gasteiger charge is 2.07. The molecule has 5 heteroatoms. The number of carbonyl (C=O) groups is 1. The fourth-order valence-electron chi connectivity index (χ4n) is 1.32. The lowest BCUT2D eigenvalue weighted by Crippen LogP contribution is -2.13. The van der Waals surface area contributed by atoms with Crippen molar-refractivity contribution in [1.29, 1.82) is 0 Å². The molecule has 76 valence electrons. The second-order valence-electron chi connectivity index (χ2n) is 3.23. The summed E-state index contributed by atoms with van der Waals surface area (Å²) in [6, 6.07) is 3.82. The molecular weight excluding hydrogens is 258 g/mol. The lowest BCUT2D eigenvalue weighted by Gasteiger charge is -2.02. The first-order chi connectivity index (χ1) is 7.08. The molecule has 0 aliphatic heterocycles. The predicted molar refractivity (Wildman–Crippen MR) is 60.5 cm³/mol. The summed E-state index contributed by atoms with van der Waals surface area (Å²) in [5, 5.41) is 0. The Morgan fingerprint density at radius 1 is 1.47 bits per heavy atom. The lowest BCUT2D eigenvalue weighted by molar-refractivity contribution is 0.0995. The SMILES string of the molecule is Cc1cc(Br)c2nc(C(N)=O)cnc2c1. The first kappa shape index (κ1) is 10.0. The highest BCUT2D eigenvalue weighted by atomic mass is 79.9. The van der Waals surface area contributed by atoms with Crippen LogP contribution < -0.4 is 5.73 Å². The van der Waals surface area contributed by atoms with Gasteiger partial charge in [0.15, 0.2) is 0 Å². The summed E-state index contributed by atoms with van der Waals surface area (Å²) in [5.41, 5.74) is 7.77. The number of benzene rings is 1. The molecule has 0 spiro atoms. The maximum absolute atomic E-state index is 10.9. The molecule has 0 atom stereocenters. The van der Waals surface area contributed by atoms with E-state index in [1.54, 1.807) is 0 Å². The minimum atomic E-state index is -0.572. The van der Waals surface area contributed by atoms with Crippen LogP contribution >= 0.6 is 15.9 Å². The zero-order valence-electron chi connectivity index (χ0n) is 7.99. The molecule has 1 amide bonds. The number of hydrogen-bond acceptors (Lipinski definition) is 3. The minimum absolute atomic E-state index is 0.173. The van der Waals surface area contributed by atoms with E-state index in [1.807, 2.05) is 19.1 Å². The highest BCUT2D eigenvalue weighted by molar-refractivity contribution is 9.10. The number of aromatic nitrogens is 2. The molecule has 0 saturated carbocycles. The Morgan fingerprint density at radius 3 is 2.87 bits per heavy atom. The Morgan fingerprint density at radius 2 is 2.20 bits per heavy atom. The van der Waals surface area contributed by atoms with Gasteiger partial charge in [0.1, 0.15) is 11.2 Å². The summed E-state index contributed by atoms with van der Waals surface area (Å²) in [6.45, 7) is 1.97. The molecule has 15 heavy (non-hydrogen) atoms. The topological polar surface area (TPSA) is 68.9 Å². The number of halogens is 1. The average molecular weight is 266 g/mol. The van der Waals surface area contributed by atoms with Gasteiger partial charge in [0.2, 0.25) is 0 Å². The van der Waals surface area contributed by atoms with Crippen LogP contribution in [0.2, 0.25) is 0 Å². The van der Waals surface area contributed by atoms with Gasteiger partial charge in [-0.15, -0.1) is 0 Å². The van der Waals surface area contributed by atoms with E-state index in [2.05, 4.69) is 25.9 Å². The number of carbonyl (C=O) groups excluding carboxylic acids is 1. The Kier molecular flexibility index (Phi) is 2.40. The molecule has 1 aromatic carbocycles. The van der Waals surface area contributed by atoms with E-state index in [4.69, 9.17) is 5.73 Å². The fourth-order valence-corrected chi connectivity index (χ4v) is 1.98. The third-order valence-electron chi connectivity index (χ3n) is 2.00. The molecule has 0 saturated heterocycles. The van der Waals surface area contributed by atoms with E-state index in [0.717, 1.165) is 15.6 Å². The van der Waals surface area contributed by atoms with Crippen molar-refractivity contribution < 1.29 is 4.79 Å². The van der Waals surface area contributed by atoms with Crippen LogP contribution in [0.3, 0.4) is 0 Å². The molecule has 0 unspecified atom stereocenters. The van der Waals surface area contributed by atoms with Crippen LogP contribution in [0, 0.1) is 6.92 Å². The van der Waals surface area contributed by atoms with Gasteiger partial charge in [-0.2, -0.15) is 0 Å². The van der Waals surface area contributed by atoms with Crippen molar-refractivity contribution in [2.75, 3.05) is 0 Å². The first-order valence-electron chi connectivity index (χ1n) is 4.30. The molecule has 2 N–H and O–H groups in total. The van der Waals surface area contributed by atoms with Gasteiger partial charge >= 0.3 is 0 Å². The summed E-state index contributed by atoms with van der Waals surface area (Å²) >= 11 is 3.38. The average Bonchev–Trinajstić information content (AvgIpc) is 2.16. The van der Waals surface area contributed by atoms with E-state index in [9.17, 15) is 4.79 Å². The molecule has 1 heterocycles. The molecule has 0 aliphatic rings. The first-order valence-corrected chi connectivity index (χ1v) is 5.10. The van der Waals surface area contributed by atoms with Gasteiger partial charge in [-0.05, 0) is 40.5 Å². The summed E-state index contributed by atoms with van der Waals surface area (Å²) < 4.78 is 0.813. The Labute approximate surface area is 94.7 Å². The largest absolute Gasteiger partial charge is 0.364 e. The summed E-state index contributed by atoms with van der Waals surface area (Å²) in [4.78, 5) is 19.2. The summed E-state index contributed by atoms with van der Waals surface area (Å²) in [7, 11) is 0. The van der Waals surface area contributed by atoms with Crippen LogP contribution in [0.15, 0.2) is 22.8 Å². The van der Waals surface area contributed by atoms with Crippen molar-refractivity contribution in [2.45, 2.75) is 6.92 Å². The molecule has 0 aliphatic carbocycles. The van der Waals surface area contributed by atoms with Crippen molar-refractivity contribution in [3.05, 3.63) is 34.1 Å². The molecule has 1 aromatic heterocycles.